The van der Waals surface area contributed by atoms with Gasteiger partial charge in [-0.05, 0) is 30.3 Å². The molecule has 4 heterocycles. The number of H-pyrrole nitrogens is 1. The van der Waals surface area contributed by atoms with Gasteiger partial charge in [0.15, 0.2) is 0 Å². The lowest BCUT2D eigenvalue weighted by atomic mass is 10.1. The van der Waals surface area contributed by atoms with E-state index in [1.165, 1.54) is 0 Å². The molecule has 2 aliphatic heterocycles. The number of aromatic nitrogens is 2. The second kappa shape index (κ2) is 8.61. The van der Waals surface area contributed by atoms with Gasteiger partial charge in [-0.25, -0.2) is 0 Å². The molecule has 5 rings (SSSR count). The standard InChI is InChI=1S/C23H24N6O2/c30-23-18-14-21(27-19(18)6-8-25-23)16-5-7-24-17(13-16)15-26-28-20-3-1-2-4-22(20)29-9-11-31-12-10-29/h1-5,7,13-15,27-28H,6,8-12H2,(H,25,30)/b26-15+. The topological polar surface area (TPSA) is 94.6 Å². The van der Waals surface area contributed by atoms with Crippen LogP contribution in [0.4, 0.5) is 11.4 Å². The van der Waals surface area contributed by atoms with Gasteiger partial charge in [0, 0.05) is 49.2 Å². The molecule has 2 aromatic heterocycles. The SMILES string of the molecule is O=C1NCCc2[nH]c(-c3ccnc(/C=N/Nc4ccccc4N4CCOCC4)c3)cc21. The summed E-state index contributed by atoms with van der Waals surface area (Å²) in [7, 11) is 0. The predicted molar refractivity (Wildman–Crippen MR) is 121 cm³/mol. The second-order valence-corrected chi connectivity index (χ2v) is 7.54. The Morgan fingerprint density at radius 3 is 2.90 bits per heavy atom. The Morgan fingerprint density at radius 1 is 1.16 bits per heavy atom. The lowest BCUT2D eigenvalue weighted by Crippen LogP contribution is -2.36. The number of fused-ring (bicyclic) bond motifs is 1. The van der Waals surface area contributed by atoms with Crippen molar-refractivity contribution in [3.8, 4) is 11.3 Å². The number of anilines is 2. The Hall–Kier alpha value is -3.65. The highest BCUT2D eigenvalue weighted by molar-refractivity contribution is 5.97. The van der Waals surface area contributed by atoms with Gasteiger partial charge in [0.1, 0.15) is 0 Å². The molecular formula is C23H24N6O2. The number of aromatic amines is 1. The van der Waals surface area contributed by atoms with Crippen LogP contribution in [0, 0.1) is 0 Å². The molecule has 0 saturated carbocycles. The maximum absolute atomic E-state index is 12.0. The number of carbonyl (C=O) groups excluding carboxylic acids is 1. The van der Waals surface area contributed by atoms with E-state index in [0.29, 0.717) is 6.54 Å². The van der Waals surface area contributed by atoms with Crippen molar-refractivity contribution < 1.29 is 9.53 Å². The third-order valence-electron chi connectivity index (χ3n) is 5.53. The Bertz CT molecular complexity index is 1120. The molecule has 0 aliphatic carbocycles. The van der Waals surface area contributed by atoms with E-state index in [2.05, 4.69) is 36.8 Å². The molecule has 0 unspecified atom stereocenters. The van der Waals surface area contributed by atoms with E-state index >= 15 is 0 Å². The van der Waals surface area contributed by atoms with Gasteiger partial charge in [0.2, 0.25) is 0 Å². The smallest absolute Gasteiger partial charge is 0.253 e. The first kappa shape index (κ1) is 19.3. The molecule has 1 amide bonds. The van der Waals surface area contributed by atoms with Crippen LogP contribution in [-0.2, 0) is 11.2 Å². The molecule has 8 nitrogen and oxygen atoms in total. The van der Waals surface area contributed by atoms with E-state index in [0.717, 1.165) is 72.3 Å². The highest BCUT2D eigenvalue weighted by Gasteiger charge is 2.20. The molecule has 2 aliphatic rings. The van der Waals surface area contributed by atoms with E-state index in [1.54, 1.807) is 12.4 Å². The summed E-state index contributed by atoms with van der Waals surface area (Å²) >= 11 is 0. The second-order valence-electron chi connectivity index (χ2n) is 7.54. The van der Waals surface area contributed by atoms with Crippen molar-refractivity contribution >= 4 is 23.5 Å². The molecule has 0 bridgehead atoms. The number of morpholine rings is 1. The number of carbonyl (C=O) groups is 1. The van der Waals surface area contributed by atoms with E-state index in [4.69, 9.17) is 4.74 Å². The number of hydrogen-bond acceptors (Lipinski definition) is 6. The van der Waals surface area contributed by atoms with E-state index in [1.807, 2.05) is 36.4 Å². The van der Waals surface area contributed by atoms with Crippen LogP contribution in [0.5, 0.6) is 0 Å². The number of para-hydroxylation sites is 2. The van der Waals surface area contributed by atoms with Gasteiger partial charge in [0.25, 0.3) is 5.91 Å². The molecule has 31 heavy (non-hydrogen) atoms. The van der Waals surface area contributed by atoms with Crippen molar-refractivity contribution in [2.24, 2.45) is 5.10 Å². The lowest BCUT2D eigenvalue weighted by Gasteiger charge is -2.30. The number of ether oxygens (including phenoxy) is 1. The van der Waals surface area contributed by atoms with Crippen LogP contribution in [-0.4, -0.2) is 54.9 Å². The van der Waals surface area contributed by atoms with Crippen LogP contribution in [0.3, 0.4) is 0 Å². The Balaban J connectivity index is 1.32. The van der Waals surface area contributed by atoms with Crippen LogP contribution in [0.1, 0.15) is 21.7 Å². The highest BCUT2D eigenvalue weighted by Crippen LogP contribution is 2.27. The summed E-state index contributed by atoms with van der Waals surface area (Å²) in [6, 6.07) is 13.9. The van der Waals surface area contributed by atoms with Crippen molar-refractivity contribution in [1.82, 2.24) is 15.3 Å². The van der Waals surface area contributed by atoms with Crippen molar-refractivity contribution in [3.63, 3.8) is 0 Å². The van der Waals surface area contributed by atoms with Crippen LogP contribution >= 0.6 is 0 Å². The maximum Gasteiger partial charge on any atom is 0.253 e. The largest absolute Gasteiger partial charge is 0.378 e. The van der Waals surface area contributed by atoms with Crippen molar-refractivity contribution in [2.45, 2.75) is 6.42 Å². The summed E-state index contributed by atoms with van der Waals surface area (Å²) < 4.78 is 5.46. The fourth-order valence-corrected chi connectivity index (χ4v) is 3.95. The van der Waals surface area contributed by atoms with Crippen molar-refractivity contribution in [3.05, 3.63) is 65.6 Å². The molecular weight excluding hydrogens is 392 g/mol. The molecule has 3 N–H and O–H groups in total. The number of hydrogen-bond donors (Lipinski definition) is 3. The number of pyridine rings is 1. The number of benzene rings is 1. The first-order chi connectivity index (χ1) is 15.3. The lowest BCUT2D eigenvalue weighted by molar-refractivity contribution is 0.0946. The fraction of sp³-hybridized carbons (Fsp3) is 0.261. The van der Waals surface area contributed by atoms with Gasteiger partial charge in [-0.1, -0.05) is 12.1 Å². The third kappa shape index (κ3) is 4.15. The van der Waals surface area contributed by atoms with Crippen LogP contribution < -0.4 is 15.6 Å². The minimum absolute atomic E-state index is 0.0253. The fourth-order valence-electron chi connectivity index (χ4n) is 3.95. The summed E-state index contributed by atoms with van der Waals surface area (Å²) in [6.07, 6.45) is 4.26. The normalized spacial score (nSPS) is 16.3. The minimum Gasteiger partial charge on any atom is -0.378 e. The highest BCUT2D eigenvalue weighted by atomic mass is 16.5. The zero-order valence-electron chi connectivity index (χ0n) is 17.1. The summed E-state index contributed by atoms with van der Waals surface area (Å²) in [4.78, 5) is 22.1. The van der Waals surface area contributed by atoms with Gasteiger partial charge in [0.05, 0.1) is 42.1 Å². The predicted octanol–water partition coefficient (Wildman–Crippen LogP) is 2.65. The van der Waals surface area contributed by atoms with Crippen LogP contribution in [0.25, 0.3) is 11.3 Å². The molecule has 8 heteroatoms. The van der Waals surface area contributed by atoms with Crippen LogP contribution in [0.15, 0.2) is 53.8 Å². The van der Waals surface area contributed by atoms with E-state index in [-0.39, 0.29) is 5.91 Å². The molecule has 158 valence electrons. The summed E-state index contributed by atoms with van der Waals surface area (Å²) in [5, 5.41) is 7.28. The average molecular weight is 416 g/mol. The molecule has 1 fully saturated rings. The van der Waals surface area contributed by atoms with Gasteiger partial charge >= 0.3 is 0 Å². The summed E-state index contributed by atoms with van der Waals surface area (Å²) in [5.74, 6) is -0.0253. The quantitative estimate of drug-likeness (QED) is 0.439. The zero-order valence-corrected chi connectivity index (χ0v) is 17.1. The molecule has 1 saturated heterocycles. The van der Waals surface area contributed by atoms with Crippen LogP contribution in [0.2, 0.25) is 0 Å². The zero-order chi connectivity index (χ0) is 21.0. The Kier molecular flexibility index (Phi) is 5.37. The van der Waals surface area contributed by atoms with Gasteiger partial charge in [-0.15, -0.1) is 0 Å². The number of hydrazone groups is 1. The first-order valence-corrected chi connectivity index (χ1v) is 10.5. The Labute approximate surface area is 180 Å². The summed E-state index contributed by atoms with van der Waals surface area (Å²) in [5.41, 5.74) is 9.50. The monoisotopic (exact) mass is 416 g/mol. The summed E-state index contributed by atoms with van der Waals surface area (Å²) in [6.45, 7) is 3.86. The number of nitrogens with zero attached hydrogens (tertiary/aromatic N) is 3. The van der Waals surface area contributed by atoms with Crippen molar-refractivity contribution in [2.75, 3.05) is 43.2 Å². The number of nitrogens with one attached hydrogen (secondary N) is 3. The van der Waals surface area contributed by atoms with E-state index in [9.17, 15) is 4.79 Å². The Morgan fingerprint density at radius 2 is 2.03 bits per heavy atom. The van der Waals surface area contributed by atoms with E-state index < -0.39 is 0 Å². The maximum atomic E-state index is 12.0. The molecule has 0 radical (unpaired) electrons. The van der Waals surface area contributed by atoms with Gasteiger partial charge in [-0.2, -0.15) is 5.10 Å². The van der Waals surface area contributed by atoms with Gasteiger partial charge < -0.3 is 19.9 Å². The molecule has 0 spiro atoms. The number of amides is 1. The molecule has 1 aromatic carbocycles. The third-order valence-corrected chi connectivity index (χ3v) is 5.53. The van der Waals surface area contributed by atoms with Crippen molar-refractivity contribution in [1.29, 1.82) is 0 Å². The molecule has 0 atom stereocenters. The number of rotatable bonds is 5. The first-order valence-electron chi connectivity index (χ1n) is 10.5. The van der Waals surface area contributed by atoms with Gasteiger partial charge in [-0.3, -0.25) is 15.2 Å². The molecule has 3 aromatic rings. The minimum atomic E-state index is -0.0253. The average Bonchev–Trinajstić information content (AvgIpc) is 3.26.